The molecular weight excluding hydrogens is 276 g/mol. The van der Waals surface area contributed by atoms with Crippen molar-refractivity contribution in [1.29, 1.82) is 0 Å². The van der Waals surface area contributed by atoms with Crippen LogP contribution in [0, 0.1) is 6.92 Å². The van der Waals surface area contributed by atoms with Gasteiger partial charge in [-0.1, -0.05) is 6.92 Å². The van der Waals surface area contributed by atoms with E-state index in [1.54, 1.807) is 6.92 Å². The van der Waals surface area contributed by atoms with E-state index < -0.39 is 29.7 Å². The van der Waals surface area contributed by atoms with Crippen LogP contribution >= 0.6 is 0 Å². The van der Waals surface area contributed by atoms with Gasteiger partial charge in [-0.2, -0.15) is 0 Å². The average molecular weight is 298 g/mol. The van der Waals surface area contributed by atoms with Gasteiger partial charge in [-0.3, -0.25) is 14.3 Å². The van der Waals surface area contributed by atoms with Crippen LogP contribution in [0.2, 0.25) is 0 Å². The number of aliphatic hydroxyl groups excluding tert-OH is 1. The number of aromatic nitrogens is 2. The molecule has 1 aromatic rings. The van der Waals surface area contributed by atoms with Crippen molar-refractivity contribution in [3.05, 3.63) is 32.6 Å². The summed E-state index contributed by atoms with van der Waals surface area (Å²) in [5.74, 6) is 0. The lowest BCUT2D eigenvalue weighted by atomic mass is 10.2. The average Bonchev–Trinajstić information content (AvgIpc) is 2.81. The van der Waals surface area contributed by atoms with Crippen molar-refractivity contribution >= 4 is 0 Å². The van der Waals surface area contributed by atoms with E-state index in [2.05, 4.69) is 4.98 Å². The van der Waals surface area contributed by atoms with E-state index in [1.807, 2.05) is 13.8 Å². The molecule has 2 N–H and O–H groups in total. The number of aliphatic hydroxyl groups is 1. The van der Waals surface area contributed by atoms with E-state index in [-0.39, 0.29) is 12.7 Å². The molecule has 0 radical (unpaired) electrons. The van der Waals surface area contributed by atoms with E-state index in [0.717, 1.165) is 6.42 Å². The van der Waals surface area contributed by atoms with Gasteiger partial charge >= 0.3 is 5.69 Å². The van der Waals surface area contributed by atoms with Crippen LogP contribution in [0.1, 0.15) is 38.5 Å². The summed E-state index contributed by atoms with van der Waals surface area (Å²) < 4.78 is 12.6. The lowest BCUT2D eigenvalue weighted by Crippen LogP contribution is -2.33. The molecular formula is C14H22N2O5. The van der Waals surface area contributed by atoms with Gasteiger partial charge in [-0.05, 0) is 20.3 Å². The fourth-order valence-electron chi connectivity index (χ4n) is 2.21. The molecule has 1 fully saturated rings. The first-order valence-corrected chi connectivity index (χ1v) is 7.19. The van der Waals surface area contributed by atoms with Crippen molar-refractivity contribution in [3.8, 4) is 0 Å². The third-order valence-electron chi connectivity index (χ3n) is 3.78. The molecule has 0 spiro atoms. The lowest BCUT2D eigenvalue weighted by molar-refractivity contribution is -0.0779. The predicted octanol–water partition coefficient (Wildman–Crippen LogP) is 0.309. The second kappa shape index (κ2) is 6.55. The zero-order valence-corrected chi connectivity index (χ0v) is 12.5. The number of H-pyrrole nitrogens is 1. The molecule has 7 nitrogen and oxygen atoms in total. The lowest BCUT2D eigenvalue weighted by Gasteiger charge is -2.18. The second-order valence-electron chi connectivity index (χ2n) is 5.46. The summed E-state index contributed by atoms with van der Waals surface area (Å²) in [5, 5.41) is 10.0. The topological polar surface area (TPSA) is 93.5 Å². The number of hydrogen-bond donors (Lipinski definition) is 2. The molecule has 0 amide bonds. The van der Waals surface area contributed by atoms with E-state index in [9.17, 15) is 14.7 Å². The number of ether oxygens (including phenoxy) is 2. The Morgan fingerprint density at radius 2 is 2.29 bits per heavy atom. The Labute approximate surface area is 122 Å². The molecule has 118 valence electrons. The van der Waals surface area contributed by atoms with Crippen LogP contribution in [0.25, 0.3) is 0 Å². The molecule has 7 heteroatoms. The number of aryl methyl sites for hydroxylation is 1. The van der Waals surface area contributed by atoms with E-state index in [0.29, 0.717) is 12.0 Å². The highest BCUT2D eigenvalue weighted by Gasteiger charge is 2.35. The van der Waals surface area contributed by atoms with Gasteiger partial charge in [0.05, 0.1) is 18.8 Å². The van der Waals surface area contributed by atoms with Crippen molar-refractivity contribution in [3.63, 3.8) is 0 Å². The Bertz CT molecular complexity index is 594. The Balaban J connectivity index is 2.09. The van der Waals surface area contributed by atoms with E-state index >= 15 is 0 Å². The maximum Gasteiger partial charge on any atom is 0.330 e. The highest BCUT2D eigenvalue weighted by atomic mass is 16.6. The summed E-state index contributed by atoms with van der Waals surface area (Å²) >= 11 is 0. The van der Waals surface area contributed by atoms with Crippen molar-refractivity contribution < 1.29 is 14.6 Å². The summed E-state index contributed by atoms with van der Waals surface area (Å²) in [6.07, 6.45) is 0.967. The van der Waals surface area contributed by atoms with Gasteiger partial charge in [0.2, 0.25) is 0 Å². The Morgan fingerprint density at radius 1 is 1.57 bits per heavy atom. The van der Waals surface area contributed by atoms with Gasteiger partial charge in [0, 0.05) is 18.2 Å². The molecule has 1 aromatic heterocycles. The van der Waals surface area contributed by atoms with Crippen molar-refractivity contribution in [2.45, 2.75) is 58.2 Å². The SMILES string of the molecule is CCC(C)OC[C@H]1O[C@@H](n2cc(C)c(=O)[nH]c2=O)C[C@@H]1O. The normalized spacial score (nSPS) is 27.0. The summed E-state index contributed by atoms with van der Waals surface area (Å²) in [4.78, 5) is 25.4. The quantitative estimate of drug-likeness (QED) is 0.816. The minimum atomic E-state index is -0.696. The van der Waals surface area contributed by atoms with Gasteiger partial charge in [0.15, 0.2) is 0 Å². The highest BCUT2D eigenvalue weighted by molar-refractivity contribution is 5.02. The summed E-state index contributed by atoms with van der Waals surface area (Å²) in [6.45, 7) is 5.87. The minimum absolute atomic E-state index is 0.0953. The van der Waals surface area contributed by atoms with Gasteiger partial charge in [-0.25, -0.2) is 4.79 Å². The molecule has 0 aliphatic carbocycles. The zero-order chi connectivity index (χ0) is 15.6. The van der Waals surface area contributed by atoms with Crippen LogP contribution in [0.4, 0.5) is 0 Å². The molecule has 4 atom stereocenters. The molecule has 0 aromatic carbocycles. The van der Waals surface area contributed by atoms with Crippen molar-refractivity contribution in [2.24, 2.45) is 0 Å². The number of nitrogens with zero attached hydrogens (tertiary/aromatic N) is 1. The van der Waals surface area contributed by atoms with Crippen LogP contribution in [0.15, 0.2) is 15.8 Å². The monoisotopic (exact) mass is 298 g/mol. The molecule has 0 bridgehead atoms. The molecule has 21 heavy (non-hydrogen) atoms. The van der Waals surface area contributed by atoms with Crippen LogP contribution in [0.3, 0.4) is 0 Å². The van der Waals surface area contributed by atoms with E-state index in [1.165, 1.54) is 10.8 Å². The standard InChI is InChI=1S/C14H22N2O5/c1-4-9(3)20-7-11-10(17)5-12(21-11)16-6-8(2)13(18)15-14(16)19/h6,9-12,17H,4-5,7H2,1-3H3,(H,15,18,19)/t9?,10-,11+,12+/m0/s1. The number of rotatable bonds is 5. The molecule has 1 unspecified atom stereocenters. The molecule has 2 rings (SSSR count). The van der Waals surface area contributed by atoms with Gasteiger partial charge in [0.1, 0.15) is 12.3 Å². The molecule has 1 aliphatic rings. The third-order valence-corrected chi connectivity index (χ3v) is 3.78. The van der Waals surface area contributed by atoms with Gasteiger partial charge in [-0.15, -0.1) is 0 Å². The summed E-state index contributed by atoms with van der Waals surface area (Å²) in [7, 11) is 0. The Hall–Kier alpha value is -1.44. The molecule has 0 saturated carbocycles. The minimum Gasteiger partial charge on any atom is -0.390 e. The largest absolute Gasteiger partial charge is 0.390 e. The fraction of sp³-hybridized carbons (Fsp3) is 0.714. The Kier molecular flexibility index (Phi) is 4.97. The predicted molar refractivity (Wildman–Crippen MR) is 76.3 cm³/mol. The molecule has 1 saturated heterocycles. The number of aromatic amines is 1. The summed E-state index contributed by atoms with van der Waals surface area (Å²) in [6, 6.07) is 0. The first-order valence-electron chi connectivity index (χ1n) is 7.19. The van der Waals surface area contributed by atoms with Gasteiger partial charge < -0.3 is 14.6 Å². The maximum absolute atomic E-state index is 11.8. The van der Waals surface area contributed by atoms with Crippen LogP contribution in [-0.4, -0.2) is 39.6 Å². The first kappa shape index (κ1) is 15.9. The summed E-state index contributed by atoms with van der Waals surface area (Å²) in [5.41, 5.74) is -0.523. The van der Waals surface area contributed by atoms with Gasteiger partial charge in [0.25, 0.3) is 5.56 Å². The second-order valence-corrected chi connectivity index (χ2v) is 5.46. The fourth-order valence-corrected chi connectivity index (χ4v) is 2.21. The number of nitrogens with one attached hydrogen (secondary N) is 1. The Morgan fingerprint density at radius 3 is 2.95 bits per heavy atom. The van der Waals surface area contributed by atoms with Crippen LogP contribution in [0.5, 0.6) is 0 Å². The van der Waals surface area contributed by atoms with Crippen LogP contribution in [-0.2, 0) is 9.47 Å². The van der Waals surface area contributed by atoms with E-state index in [4.69, 9.17) is 9.47 Å². The third kappa shape index (κ3) is 3.61. The highest BCUT2D eigenvalue weighted by Crippen LogP contribution is 2.28. The smallest absolute Gasteiger partial charge is 0.330 e. The van der Waals surface area contributed by atoms with Crippen molar-refractivity contribution in [2.75, 3.05) is 6.61 Å². The first-order chi connectivity index (χ1) is 9.92. The number of hydrogen-bond acceptors (Lipinski definition) is 5. The molecule has 1 aliphatic heterocycles. The van der Waals surface area contributed by atoms with Crippen molar-refractivity contribution in [1.82, 2.24) is 9.55 Å². The maximum atomic E-state index is 11.8. The van der Waals surface area contributed by atoms with Crippen LogP contribution < -0.4 is 11.2 Å². The zero-order valence-electron chi connectivity index (χ0n) is 12.5. The molecule has 2 heterocycles.